The number of carbonyl (C=O) groups excluding carboxylic acids is 1. The Hall–Kier alpha value is -2.03. The Balaban J connectivity index is 3.11. The summed E-state index contributed by atoms with van der Waals surface area (Å²) >= 11 is 0. The summed E-state index contributed by atoms with van der Waals surface area (Å²) < 4.78 is 38.3. The van der Waals surface area contributed by atoms with Crippen LogP contribution in [0.15, 0.2) is 24.3 Å². The molecule has 1 aromatic carbocycles. The molecule has 22 heavy (non-hydrogen) atoms. The standard InChI is InChI=1S/C16H19F3N2O/c1-11(2)12(3)21(10-16(17,18)19)15(22)14-6-4-5-13(9-14)7-8-20/h4-6,9,11-12H,7,10H2,1-3H3/t12-/m1/s1. The first-order valence-corrected chi connectivity index (χ1v) is 6.99. The molecule has 0 spiro atoms. The Kier molecular flexibility index (Phi) is 5.98. The SMILES string of the molecule is CC(C)[C@@H](C)N(CC(F)(F)F)C(=O)c1cccc(CC#N)c1. The number of alkyl halides is 3. The Morgan fingerprint density at radius 3 is 2.45 bits per heavy atom. The number of nitrogens with zero attached hydrogens (tertiary/aromatic N) is 2. The van der Waals surface area contributed by atoms with Crippen LogP contribution in [0.5, 0.6) is 0 Å². The number of amides is 1. The van der Waals surface area contributed by atoms with Crippen LogP contribution >= 0.6 is 0 Å². The summed E-state index contributed by atoms with van der Waals surface area (Å²) in [6, 6.07) is 7.59. The van der Waals surface area contributed by atoms with Crippen molar-refractivity contribution in [1.82, 2.24) is 4.90 Å². The molecule has 120 valence electrons. The highest BCUT2D eigenvalue weighted by atomic mass is 19.4. The van der Waals surface area contributed by atoms with Crippen molar-refractivity contribution >= 4 is 5.91 Å². The van der Waals surface area contributed by atoms with Crippen LogP contribution < -0.4 is 0 Å². The molecule has 1 atom stereocenters. The van der Waals surface area contributed by atoms with E-state index in [9.17, 15) is 18.0 Å². The van der Waals surface area contributed by atoms with Crippen molar-refractivity contribution in [3.8, 4) is 6.07 Å². The van der Waals surface area contributed by atoms with Crippen molar-refractivity contribution in [1.29, 1.82) is 5.26 Å². The van der Waals surface area contributed by atoms with Crippen molar-refractivity contribution in [2.24, 2.45) is 5.92 Å². The maximum absolute atomic E-state index is 12.8. The summed E-state index contributed by atoms with van der Waals surface area (Å²) in [5.74, 6) is -0.771. The summed E-state index contributed by atoms with van der Waals surface area (Å²) in [5.41, 5.74) is 0.780. The Morgan fingerprint density at radius 1 is 1.32 bits per heavy atom. The van der Waals surface area contributed by atoms with E-state index in [0.717, 1.165) is 4.90 Å². The molecule has 1 rings (SSSR count). The van der Waals surface area contributed by atoms with Crippen LogP contribution in [0.2, 0.25) is 0 Å². The number of hydrogen-bond donors (Lipinski definition) is 0. The molecule has 0 aromatic heterocycles. The molecule has 0 aliphatic rings. The third kappa shape index (κ3) is 5.06. The first-order valence-electron chi connectivity index (χ1n) is 6.99. The molecular weight excluding hydrogens is 293 g/mol. The van der Waals surface area contributed by atoms with Gasteiger partial charge in [-0.2, -0.15) is 18.4 Å². The van der Waals surface area contributed by atoms with Gasteiger partial charge < -0.3 is 4.90 Å². The van der Waals surface area contributed by atoms with E-state index in [2.05, 4.69) is 0 Å². The van der Waals surface area contributed by atoms with E-state index >= 15 is 0 Å². The van der Waals surface area contributed by atoms with Crippen LogP contribution in [-0.2, 0) is 6.42 Å². The van der Waals surface area contributed by atoms with E-state index in [-0.39, 0.29) is 17.9 Å². The molecule has 0 aliphatic carbocycles. The van der Waals surface area contributed by atoms with Crippen molar-refractivity contribution < 1.29 is 18.0 Å². The number of halogens is 3. The van der Waals surface area contributed by atoms with Crippen LogP contribution in [-0.4, -0.2) is 29.6 Å². The van der Waals surface area contributed by atoms with E-state index in [1.807, 2.05) is 6.07 Å². The summed E-state index contributed by atoms with van der Waals surface area (Å²) in [6.45, 7) is 3.86. The summed E-state index contributed by atoms with van der Waals surface area (Å²) in [7, 11) is 0. The fourth-order valence-electron chi connectivity index (χ4n) is 2.03. The number of benzene rings is 1. The lowest BCUT2D eigenvalue weighted by molar-refractivity contribution is -0.145. The quantitative estimate of drug-likeness (QED) is 0.830. The molecule has 0 saturated heterocycles. The second-order valence-corrected chi connectivity index (χ2v) is 5.57. The minimum atomic E-state index is -4.46. The van der Waals surface area contributed by atoms with Crippen LogP contribution in [0.25, 0.3) is 0 Å². The van der Waals surface area contributed by atoms with Gasteiger partial charge in [-0.05, 0) is 30.5 Å². The van der Waals surface area contributed by atoms with Gasteiger partial charge in [0.25, 0.3) is 5.91 Å². The van der Waals surface area contributed by atoms with Crippen molar-refractivity contribution in [3.63, 3.8) is 0 Å². The van der Waals surface area contributed by atoms with Crippen LogP contribution in [0.3, 0.4) is 0 Å². The predicted molar refractivity (Wildman–Crippen MR) is 77.2 cm³/mol. The minimum absolute atomic E-state index is 0.103. The predicted octanol–water partition coefficient (Wildman–Crippen LogP) is 3.80. The van der Waals surface area contributed by atoms with Gasteiger partial charge in [-0.15, -0.1) is 0 Å². The lowest BCUT2D eigenvalue weighted by Crippen LogP contribution is -2.46. The van der Waals surface area contributed by atoms with Crippen LogP contribution in [0.4, 0.5) is 13.2 Å². The van der Waals surface area contributed by atoms with Gasteiger partial charge in [-0.3, -0.25) is 4.79 Å². The molecule has 0 unspecified atom stereocenters. The second-order valence-electron chi connectivity index (χ2n) is 5.57. The normalized spacial score (nSPS) is 12.8. The zero-order valence-corrected chi connectivity index (χ0v) is 12.8. The van der Waals surface area contributed by atoms with E-state index in [4.69, 9.17) is 5.26 Å². The summed E-state index contributed by atoms with van der Waals surface area (Å²) in [6.07, 6.45) is -4.34. The van der Waals surface area contributed by atoms with Crippen LogP contribution in [0.1, 0.15) is 36.7 Å². The molecule has 0 bridgehead atoms. The zero-order chi connectivity index (χ0) is 16.9. The van der Waals surface area contributed by atoms with Crippen LogP contribution in [0, 0.1) is 17.2 Å². The summed E-state index contributed by atoms with van der Waals surface area (Å²) in [5, 5.41) is 8.68. The Morgan fingerprint density at radius 2 is 1.95 bits per heavy atom. The van der Waals surface area contributed by atoms with Crippen molar-refractivity contribution in [2.75, 3.05) is 6.54 Å². The Bertz CT molecular complexity index is 561. The highest BCUT2D eigenvalue weighted by Gasteiger charge is 2.36. The average Bonchev–Trinajstić information content (AvgIpc) is 2.43. The number of nitriles is 1. The monoisotopic (exact) mass is 312 g/mol. The van der Waals surface area contributed by atoms with Gasteiger partial charge in [0.1, 0.15) is 6.54 Å². The van der Waals surface area contributed by atoms with Gasteiger partial charge in [0, 0.05) is 11.6 Å². The minimum Gasteiger partial charge on any atom is -0.327 e. The molecule has 1 aromatic rings. The smallest absolute Gasteiger partial charge is 0.327 e. The lowest BCUT2D eigenvalue weighted by atomic mass is 10.0. The largest absolute Gasteiger partial charge is 0.406 e. The molecule has 6 heteroatoms. The topological polar surface area (TPSA) is 44.1 Å². The molecular formula is C16H19F3N2O. The van der Waals surface area contributed by atoms with E-state index in [1.165, 1.54) is 12.1 Å². The van der Waals surface area contributed by atoms with Gasteiger partial charge in [-0.1, -0.05) is 26.0 Å². The zero-order valence-electron chi connectivity index (χ0n) is 12.8. The molecule has 0 N–H and O–H groups in total. The number of hydrogen-bond acceptors (Lipinski definition) is 2. The highest BCUT2D eigenvalue weighted by molar-refractivity contribution is 5.94. The molecule has 1 amide bonds. The molecule has 0 aliphatic heterocycles. The molecule has 0 heterocycles. The first-order chi connectivity index (χ1) is 10.2. The Labute approximate surface area is 128 Å². The maximum Gasteiger partial charge on any atom is 0.406 e. The molecule has 3 nitrogen and oxygen atoms in total. The first kappa shape index (κ1) is 18.0. The third-order valence-corrected chi connectivity index (χ3v) is 3.52. The number of rotatable bonds is 5. The van der Waals surface area contributed by atoms with E-state index in [1.54, 1.807) is 32.9 Å². The highest BCUT2D eigenvalue weighted by Crippen LogP contribution is 2.23. The lowest BCUT2D eigenvalue weighted by Gasteiger charge is -2.32. The average molecular weight is 312 g/mol. The molecule has 0 radical (unpaired) electrons. The van der Waals surface area contributed by atoms with Gasteiger partial charge in [-0.25, -0.2) is 0 Å². The van der Waals surface area contributed by atoms with Gasteiger partial charge >= 0.3 is 6.18 Å². The maximum atomic E-state index is 12.8. The van der Waals surface area contributed by atoms with Crippen molar-refractivity contribution in [3.05, 3.63) is 35.4 Å². The third-order valence-electron chi connectivity index (χ3n) is 3.52. The fourth-order valence-corrected chi connectivity index (χ4v) is 2.03. The molecule has 0 saturated carbocycles. The van der Waals surface area contributed by atoms with Gasteiger partial charge in [0.15, 0.2) is 0 Å². The fraction of sp³-hybridized carbons (Fsp3) is 0.500. The molecule has 0 fully saturated rings. The number of carbonyl (C=O) groups is 1. The van der Waals surface area contributed by atoms with Crippen molar-refractivity contribution in [2.45, 2.75) is 39.4 Å². The van der Waals surface area contributed by atoms with E-state index < -0.39 is 24.7 Å². The van der Waals surface area contributed by atoms with Gasteiger partial charge in [0.05, 0.1) is 12.5 Å². The second kappa shape index (κ2) is 7.30. The summed E-state index contributed by atoms with van der Waals surface area (Å²) in [4.78, 5) is 13.3. The van der Waals surface area contributed by atoms with E-state index in [0.29, 0.717) is 5.56 Å². The van der Waals surface area contributed by atoms with Gasteiger partial charge in [0.2, 0.25) is 0 Å².